The molecule has 0 amide bonds. The number of phosphoric ester groups is 2. The van der Waals surface area contributed by atoms with Crippen molar-refractivity contribution in [2.75, 3.05) is 0 Å². The zero-order chi connectivity index (χ0) is 19.2. The number of phosphoric acid groups is 2. The summed E-state index contributed by atoms with van der Waals surface area (Å²) in [5.74, 6) is 0.335. The highest BCUT2D eigenvalue weighted by Crippen LogP contribution is 2.62. The van der Waals surface area contributed by atoms with Gasteiger partial charge in [-0.15, -0.1) is 0 Å². The summed E-state index contributed by atoms with van der Waals surface area (Å²) in [5.41, 5.74) is 0. The molecular formula is C18H16O7P2. The number of benzene rings is 3. The Hall–Kier alpha value is -2.56. The van der Waals surface area contributed by atoms with Gasteiger partial charge in [0.15, 0.2) is 0 Å². The van der Waals surface area contributed by atoms with E-state index in [0.717, 1.165) is 0 Å². The van der Waals surface area contributed by atoms with Crippen LogP contribution in [0.2, 0.25) is 0 Å². The molecule has 140 valence electrons. The summed E-state index contributed by atoms with van der Waals surface area (Å²) in [6, 6.07) is 23.9. The molecule has 0 heterocycles. The molecule has 0 fully saturated rings. The second-order valence-electron chi connectivity index (χ2n) is 5.21. The summed E-state index contributed by atoms with van der Waals surface area (Å²) in [4.78, 5) is 10.0. The largest absolute Gasteiger partial charge is 0.597 e. The van der Waals surface area contributed by atoms with Gasteiger partial charge in [0.25, 0.3) is 0 Å². The maximum Gasteiger partial charge on any atom is 0.597 e. The van der Waals surface area contributed by atoms with E-state index >= 15 is 0 Å². The van der Waals surface area contributed by atoms with Crippen LogP contribution in [0.15, 0.2) is 91.0 Å². The van der Waals surface area contributed by atoms with Crippen LogP contribution in [0.25, 0.3) is 0 Å². The van der Waals surface area contributed by atoms with Crippen molar-refractivity contribution in [2.24, 2.45) is 0 Å². The van der Waals surface area contributed by atoms with E-state index in [1.165, 1.54) is 36.4 Å². The number of hydrogen-bond acceptors (Lipinski definition) is 6. The van der Waals surface area contributed by atoms with Crippen molar-refractivity contribution in [1.29, 1.82) is 0 Å². The van der Waals surface area contributed by atoms with E-state index in [1.54, 1.807) is 54.6 Å². The number of rotatable bonds is 8. The maximum atomic E-state index is 13.1. The van der Waals surface area contributed by atoms with Crippen molar-refractivity contribution in [3.63, 3.8) is 0 Å². The van der Waals surface area contributed by atoms with Crippen LogP contribution in [0.4, 0.5) is 0 Å². The topological polar surface area (TPSA) is 91.3 Å². The molecule has 0 aliphatic carbocycles. The standard InChI is InChI=1S/C18H16O7P2/c19-26(20,22-16-10-4-1-5-11-16)25-27(21,23-17-12-6-2-7-13-17)24-18-14-8-3-9-15-18/h1-15H,(H,19,20). The Kier molecular flexibility index (Phi) is 5.99. The van der Waals surface area contributed by atoms with Crippen LogP contribution in [-0.2, 0) is 13.4 Å². The average Bonchev–Trinajstić information content (AvgIpc) is 2.63. The molecule has 1 unspecified atom stereocenters. The van der Waals surface area contributed by atoms with Crippen LogP contribution >= 0.6 is 15.6 Å². The first-order chi connectivity index (χ1) is 12.9. The van der Waals surface area contributed by atoms with Crippen LogP contribution < -0.4 is 13.6 Å². The van der Waals surface area contributed by atoms with Crippen molar-refractivity contribution >= 4 is 15.6 Å². The molecule has 0 bridgehead atoms. The van der Waals surface area contributed by atoms with Crippen LogP contribution in [0.5, 0.6) is 17.2 Å². The number of hydrogen-bond donors (Lipinski definition) is 1. The molecular weight excluding hydrogens is 390 g/mol. The van der Waals surface area contributed by atoms with Gasteiger partial charge in [-0.2, -0.15) is 4.31 Å². The molecule has 1 atom stereocenters. The molecule has 3 rings (SSSR count). The minimum atomic E-state index is -4.82. The summed E-state index contributed by atoms with van der Waals surface area (Å²) in [6.07, 6.45) is 0. The summed E-state index contributed by atoms with van der Waals surface area (Å²) in [7, 11) is -9.38. The fourth-order valence-electron chi connectivity index (χ4n) is 2.03. The lowest BCUT2D eigenvalue weighted by atomic mass is 10.3. The zero-order valence-electron chi connectivity index (χ0n) is 14.0. The Morgan fingerprint density at radius 3 is 1.26 bits per heavy atom. The van der Waals surface area contributed by atoms with Gasteiger partial charge in [-0.1, -0.05) is 54.6 Å². The Bertz CT molecular complexity index is 904. The van der Waals surface area contributed by atoms with Gasteiger partial charge in [0, 0.05) is 0 Å². The molecule has 0 saturated carbocycles. The monoisotopic (exact) mass is 406 g/mol. The first-order valence-electron chi connectivity index (χ1n) is 7.82. The molecule has 27 heavy (non-hydrogen) atoms. The SMILES string of the molecule is O=P(O)(Oc1ccccc1)OP(=O)(Oc1ccccc1)Oc1ccccc1. The molecule has 9 heteroatoms. The molecule has 0 saturated heterocycles. The fraction of sp³-hybridized carbons (Fsp3) is 0. The van der Waals surface area contributed by atoms with Crippen LogP contribution in [0.3, 0.4) is 0 Å². The van der Waals surface area contributed by atoms with Gasteiger partial charge in [-0.25, -0.2) is 9.13 Å². The molecule has 3 aromatic carbocycles. The van der Waals surface area contributed by atoms with Gasteiger partial charge >= 0.3 is 15.6 Å². The van der Waals surface area contributed by atoms with E-state index in [4.69, 9.17) is 17.9 Å². The third-order valence-electron chi connectivity index (χ3n) is 3.09. The van der Waals surface area contributed by atoms with Gasteiger partial charge in [0.1, 0.15) is 17.2 Å². The molecule has 7 nitrogen and oxygen atoms in total. The fourth-order valence-corrected chi connectivity index (χ4v) is 4.63. The van der Waals surface area contributed by atoms with Crippen LogP contribution in [-0.4, -0.2) is 4.89 Å². The minimum Gasteiger partial charge on any atom is -0.404 e. The van der Waals surface area contributed by atoms with Gasteiger partial charge in [-0.3, -0.25) is 4.89 Å². The second-order valence-corrected chi connectivity index (χ2v) is 8.24. The molecule has 3 aromatic rings. The molecule has 0 aliphatic heterocycles. The Morgan fingerprint density at radius 1 is 0.556 bits per heavy atom. The first-order valence-corrected chi connectivity index (χ1v) is 10.8. The van der Waals surface area contributed by atoms with Crippen molar-refractivity contribution in [3.8, 4) is 17.2 Å². The Labute approximate surface area is 156 Å². The molecule has 0 aromatic heterocycles. The van der Waals surface area contributed by atoms with Crippen molar-refractivity contribution in [2.45, 2.75) is 0 Å². The van der Waals surface area contributed by atoms with Gasteiger partial charge in [0.2, 0.25) is 0 Å². The van der Waals surface area contributed by atoms with E-state index in [1.807, 2.05) is 0 Å². The van der Waals surface area contributed by atoms with Crippen molar-refractivity contribution < 1.29 is 31.9 Å². The van der Waals surface area contributed by atoms with E-state index in [2.05, 4.69) is 0 Å². The Balaban J connectivity index is 1.84. The predicted molar refractivity (Wildman–Crippen MR) is 99.7 cm³/mol. The lowest BCUT2D eigenvalue weighted by Crippen LogP contribution is -2.06. The van der Waals surface area contributed by atoms with E-state index < -0.39 is 15.6 Å². The van der Waals surface area contributed by atoms with Crippen molar-refractivity contribution in [1.82, 2.24) is 0 Å². The number of para-hydroxylation sites is 3. The summed E-state index contributed by atoms with van der Waals surface area (Å²) in [5, 5.41) is 0. The van der Waals surface area contributed by atoms with E-state index in [0.29, 0.717) is 0 Å². The summed E-state index contributed by atoms with van der Waals surface area (Å²) < 4.78 is 45.8. The predicted octanol–water partition coefficient (Wildman–Crippen LogP) is 5.45. The third kappa shape index (κ3) is 5.98. The smallest absolute Gasteiger partial charge is 0.404 e. The van der Waals surface area contributed by atoms with Crippen LogP contribution in [0, 0.1) is 0 Å². The lowest BCUT2D eigenvalue weighted by molar-refractivity contribution is 0.238. The third-order valence-corrected chi connectivity index (χ3v) is 6.02. The molecule has 0 radical (unpaired) electrons. The normalized spacial score (nSPS) is 13.4. The minimum absolute atomic E-state index is 0.0642. The maximum absolute atomic E-state index is 13.1. The first kappa shape index (κ1) is 19.2. The average molecular weight is 406 g/mol. The van der Waals surface area contributed by atoms with E-state index in [9.17, 15) is 14.0 Å². The highest BCUT2D eigenvalue weighted by atomic mass is 31.3. The van der Waals surface area contributed by atoms with E-state index in [-0.39, 0.29) is 17.2 Å². The Morgan fingerprint density at radius 2 is 0.889 bits per heavy atom. The highest BCUT2D eigenvalue weighted by Gasteiger charge is 2.42. The van der Waals surface area contributed by atoms with Gasteiger partial charge in [0.05, 0.1) is 0 Å². The highest BCUT2D eigenvalue weighted by molar-refractivity contribution is 7.62. The van der Waals surface area contributed by atoms with Gasteiger partial charge < -0.3 is 13.6 Å². The van der Waals surface area contributed by atoms with Crippen molar-refractivity contribution in [3.05, 3.63) is 91.0 Å². The van der Waals surface area contributed by atoms with Gasteiger partial charge in [-0.05, 0) is 36.4 Å². The summed E-state index contributed by atoms with van der Waals surface area (Å²) in [6.45, 7) is 0. The molecule has 1 N–H and O–H groups in total. The summed E-state index contributed by atoms with van der Waals surface area (Å²) >= 11 is 0. The van der Waals surface area contributed by atoms with Crippen LogP contribution in [0.1, 0.15) is 0 Å². The molecule has 0 spiro atoms. The quantitative estimate of drug-likeness (QED) is 0.498. The zero-order valence-corrected chi connectivity index (χ0v) is 15.7. The molecule has 0 aliphatic rings. The second kappa shape index (κ2) is 8.42. The lowest BCUT2D eigenvalue weighted by Gasteiger charge is -2.21.